The molecule has 1 aliphatic carbocycles. The number of benzene rings is 1. The lowest BCUT2D eigenvalue weighted by Crippen LogP contribution is -2.37. The Hall–Kier alpha value is -1.67. The van der Waals surface area contributed by atoms with E-state index in [4.69, 9.17) is 17.3 Å². The van der Waals surface area contributed by atoms with Crippen molar-refractivity contribution in [3.8, 4) is 0 Å². The highest BCUT2D eigenvalue weighted by Crippen LogP contribution is 2.41. The van der Waals surface area contributed by atoms with E-state index in [0.717, 1.165) is 38.2 Å². The van der Waals surface area contributed by atoms with Crippen LogP contribution in [0.2, 0.25) is 5.02 Å². The number of nitrogens with zero attached hydrogens (tertiary/aromatic N) is 1. The van der Waals surface area contributed by atoms with E-state index >= 15 is 4.39 Å². The number of hydrogen-bond donors (Lipinski definition) is 3. The van der Waals surface area contributed by atoms with E-state index in [1.54, 1.807) is 4.57 Å². The fourth-order valence-electron chi connectivity index (χ4n) is 3.93. The molecular formula is C19H22Cl2FN3O3. The SMILES string of the molecule is Cl.N[C@@H]1CCCCNC1c1c(F)cc2c(=O)c(C(=O)O)cn(C3CC3)c2c1Cl. The fourth-order valence-corrected chi connectivity index (χ4v) is 4.34. The summed E-state index contributed by atoms with van der Waals surface area (Å²) in [6.07, 6.45) is 5.71. The summed E-state index contributed by atoms with van der Waals surface area (Å²) in [5, 5.41) is 12.8. The van der Waals surface area contributed by atoms with Gasteiger partial charge in [0.25, 0.3) is 0 Å². The van der Waals surface area contributed by atoms with E-state index in [1.807, 2.05) is 0 Å². The monoisotopic (exact) mass is 429 g/mol. The minimum absolute atomic E-state index is 0. The maximum Gasteiger partial charge on any atom is 0.341 e. The first-order valence-electron chi connectivity index (χ1n) is 9.19. The molecule has 0 bridgehead atoms. The second kappa shape index (κ2) is 7.99. The molecule has 2 fully saturated rings. The highest BCUT2D eigenvalue weighted by atomic mass is 35.5. The van der Waals surface area contributed by atoms with Gasteiger partial charge in [-0.1, -0.05) is 18.0 Å². The predicted molar refractivity (Wildman–Crippen MR) is 108 cm³/mol. The molecule has 0 amide bonds. The van der Waals surface area contributed by atoms with E-state index in [1.165, 1.54) is 6.20 Å². The van der Waals surface area contributed by atoms with Crippen LogP contribution >= 0.6 is 24.0 Å². The van der Waals surface area contributed by atoms with Crippen LogP contribution in [0.1, 0.15) is 60.1 Å². The highest BCUT2D eigenvalue weighted by molar-refractivity contribution is 6.36. The third-order valence-electron chi connectivity index (χ3n) is 5.48. The van der Waals surface area contributed by atoms with Crippen molar-refractivity contribution in [2.75, 3.05) is 6.54 Å². The lowest BCUT2D eigenvalue weighted by atomic mass is 9.95. The number of aromatic nitrogens is 1. The molecule has 1 unspecified atom stereocenters. The molecule has 1 aromatic heterocycles. The molecule has 2 aromatic rings. The van der Waals surface area contributed by atoms with Crippen molar-refractivity contribution < 1.29 is 14.3 Å². The smallest absolute Gasteiger partial charge is 0.341 e. The molecule has 1 aromatic carbocycles. The molecule has 4 rings (SSSR count). The molecule has 9 heteroatoms. The molecule has 1 saturated carbocycles. The van der Waals surface area contributed by atoms with E-state index in [9.17, 15) is 14.7 Å². The molecule has 28 heavy (non-hydrogen) atoms. The molecule has 1 saturated heterocycles. The second-order valence-corrected chi connectivity index (χ2v) is 7.77. The Morgan fingerprint density at radius 1 is 1.32 bits per heavy atom. The van der Waals surface area contributed by atoms with Crippen molar-refractivity contribution in [2.45, 2.75) is 50.2 Å². The van der Waals surface area contributed by atoms with E-state index < -0.39 is 23.3 Å². The van der Waals surface area contributed by atoms with Crippen LogP contribution in [0.3, 0.4) is 0 Å². The first-order valence-corrected chi connectivity index (χ1v) is 9.57. The minimum atomic E-state index is -1.33. The molecule has 1 aliphatic heterocycles. The van der Waals surface area contributed by atoms with Crippen molar-refractivity contribution in [1.82, 2.24) is 9.88 Å². The minimum Gasteiger partial charge on any atom is -0.477 e. The number of halogens is 3. The van der Waals surface area contributed by atoms with Crippen molar-refractivity contribution in [3.05, 3.63) is 44.5 Å². The molecule has 2 heterocycles. The summed E-state index contributed by atoms with van der Waals surface area (Å²) in [6.45, 7) is 0.708. The lowest BCUT2D eigenvalue weighted by molar-refractivity contribution is 0.0695. The van der Waals surface area contributed by atoms with Gasteiger partial charge in [0.15, 0.2) is 0 Å². The second-order valence-electron chi connectivity index (χ2n) is 7.39. The van der Waals surface area contributed by atoms with E-state index in [-0.39, 0.29) is 46.0 Å². The van der Waals surface area contributed by atoms with Gasteiger partial charge in [0, 0.05) is 23.8 Å². The van der Waals surface area contributed by atoms with Crippen molar-refractivity contribution in [3.63, 3.8) is 0 Å². The van der Waals surface area contributed by atoms with Gasteiger partial charge in [-0.2, -0.15) is 0 Å². The van der Waals surface area contributed by atoms with Crippen LogP contribution in [-0.2, 0) is 0 Å². The van der Waals surface area contributed by atoms with Gasteiger partial charge in [-0.3, -0.25) is 4.79 Å². The molecule has 6 nitrogen and oxygen atoms in total. The number of carboxylic acid groups (broad SMARTS) is 1. The average molecular weight is 430 g/mol. The topological polar surface area (TPSA) is 97.3 Å². The summed E-state index contributed by atoms with van der Waals surface area (Å²) in [5.74, 6) is -1.96. The molecule has 2 aliphatic rings. The Kier molecular flexibility index (Phi) is 6.00. The Morgan fingerprint density at radius 2 is 2.04 bits per heavy atom. The Bertz CT molecular complexity index is 991. The van der Waals surface area contributed by atoms with Crippen LogP contribution < -0.4 is 16.5 Å². The highest BCUT2D eigenvalue weighted by Gasteiger charge is 2.32. The standard InChI is InChI=1S/C19H21ClFN3O3.ClH/c20-15-14(16-13(22)3-1-2-6-23-16)12(21)7-10-17(15)24(9-4-5-9)8-11(18(10)25)19(26)27;/h7-9,13,16,23H,1-6,22H2,(H,26,27);1H/t13-,16?;/m1./s1. The van der Waals surface area contributed by atoms with E-state index in [0.29, 0.717) is 12.1 Å². The number of pyridine rings is 1. The van der Waals surface area contributed by atoms with Crippen LogP contribution in [0.15, 0.2) is 17.1 Å². The molecule has 0 spiro atoms. The number of carboxylic acids is 1. The first kappa shape index (κ1) is 21.0. The van der Waals surface area contributed by atoms with Gasteiger partial charge in [0.05, 0.1) is 22.0 Å². The molecular weight excluding hydrogens is 408 g/mol. The van der Waals surface area contributed by atoms with Crippen LogP contribution in [0.4, 0.5) is 4.39 Å². The number of nitrogens with two attached hydrogens (primary N) is 1. The van der Waals surface area contributed by atoms with Crippen LogP contribution in [-0.4, -0.2) is 28.2 Å². The summed E-state index contributed by atoms with van der Waals surface area (Å²) in [5.41, 5.74) is 5.82. The number of nitrogens with one attached hydrogen (secondary N) is 1. The maximum atomic E-state index is 15.1. The summed E-state index contributed by atoms with van der Waals surface area (Å²) in [6, 6.07) is 0.434. The zero-order chi connectivity index (χ0) is 19.3. The van der Waals surface area contributed by atoms with E-state index in [2.05, 4.69) is 5.32 Å². The summed E-state index contributed by atoms with van der Waals surface area (Å²) in [4.78, 5) is 24.1. The number of aromatic carboxylic acids is 1. The number of fused-ring (bicyclic) bond motifs is 1. The van der Waals surface area contributed by atoms with Gasteiger partial charge in [-0.15, -0.1) is 12.4 Å². The Balaban J connectivity index is 0.00000225. The Morgan fingerprint density at radius 3 is 2.68 bits per heavy atom. The zero-order valence-electron chi connectivity index (χ0n) is 15.1. The predicted octanol–water partition coefficient (Wildman–Crippen LogP) is 3.39. The van der Waals surface area contributed by atoms with Crippen LogP contribution in [0.5, 0.6) is 0 Å². The number of rotatable bonds is 3. The third-order valence-corrected chi connectivity index (χ3v) is 5.86. The average Bonchev–Trinajstić information content (AvgIpc) is 3.45. The lowest BCUT2D eigenvalue weighted by Gasteiger charge is -2.26. The van der Waals surface area contributed by atoms with Crippen molar-refractivity contribution in [2.24, 2.45) is 5.73 Å². The van der Waals surface area contributed by atoms with Crippen LogP contribution in [0, 0.1) is 5.82 Å². The molecule has 2 atom stereocenters. The molecule has 4 N–H and O–H groups in total. The molecule has 0 radical (unpaired) electrons. The first-order chi connectivity index (χ1) is 12.9. The number of carbonyl (C=O) groups is 1. The summed E-state index contributed by atoms with van der Waals surface area (Å²) in [7, 11) is 0. The number of hydrogen-bond acceptors (Lipinski definition) is 4. The van der Waals surface area contributed by atoms with Gasteiger partial charge in [-0.25, -0.2) is 9.18 Å². The molecule has 152 valence electrons. The van der Waals surface area contributed by atoms with Gasteiger partial charge in [-0.05, 0) is 38.3 Å². The Labute approximate surface area is 172 Å². The van der Waals surface area contributed by atoms with Gasteiger partial charge in [0.2, 0.25) is 5.43 Å². The zero-order valence-corrected chi connectivity index (χ0v) is 16.7. The summed E-state index contributed by atoms with van der Waals surface area (Å²) >= 11 is 6.64. The van der Waals surface area contributed by atoms with Gasteiger partial charge < -0.3 is 20.7 Å². The summed E-state index contributed by atoms with van der Waals surface area (Å²) < 4.78 is 16.8. The maximum absolute atomic E-state index is 15.1. The normalized spacial score (nSPS) is 22.5. The largest absolute Gasteiger partial charge is 0.477 e. The van der Waals surface area contributed by atoms with Crippen LogP contribution in [0.25, 0.3) is 10.9 Å². The van der Waals surface area contributed by atoms with Crippen molar-refractivity contribution in [1.29, 1.82) is 0 Å². The van der Waals surface area contributed by atoms with Gasteiger partial charge >= 0.3 is 5.97 Å². The van der Waals surface area contributed by atoms with Gasteiger partial charge in [0.1, 0.15) is 11.4 Å². The third kappa shape index (κ3) is 3.52. The quantitative estimate of drug-likeness (QED) is 0.694. The van der Waals surface area contributed by atoms with Crippen molar-refractivity contribution >= 4 is 40.9 Å². The fraction of sp³-hybridized carbons (Fsp3) is 0.474.